The lowest BCUT2D eigenvalue weighted by Gasteiger charge is -2.13. The number of ether oxygens (including phenoxy) is 1. The zero-order valence-electron chi connectivity index (χ0n) is 12.9. The molecular weight excluding hydrogens is 394 g/mol. The van der Waals surface area contributed by atoms with E-state index in [1.165, 1.54) is 42.5 Å². The van der Waals surface area contributed by atoms with E-state index >= 15 is 0 Å². The molecule has 0 aliphatic heterocycles. The van der Waals surface area contributed by atoms with Crippen LogP contribution < -0.4 is 10.1 Å². The zero-order chi connectivity index (χ0) is 18.9. The fourth-order valence-corrected chi connectivity index (χ4v) is 3.66. The second-order valence-electron chi connectivity index (χ2n) is 5.24. The second kappa shape index (κ2) is 7.13. The lowest BCUT2D eigenvalue weighted by Crippen LogP contribution is -2.20. The molecule has 0 saturated heterocycles. The van der Waals surface area contributed by atoms with Crippen molar-refractivity contribution in [3.8, 4) is 5.75 Å². The summed E-state index contributed by atoms with van der Waals surface area (Å²) < 4.78 is 55.6. The summed E-state index contributed by atoms with van der Waals surface area (Å²) in [7, 11) is 0. The summed E-state index contributed by atoms with van der Waals surface area (Å²) in [5, 5.41) is 3.15. The molecule has 3 rings (SSSR count). The highest BCUT2D eigenvalue weighted by Crippen LogP contribution is 2.36. The van der Waals surface area contributed by atoms with E-state index in [-0.39, 0.29) is 21.3 Å². The molecule has 1 heterocycles. The average Bonchev–Trinajstić information content (AvgIpc) is 2.89. The lowest BCUT2D eigenvalue weighted by molar-refractivity contribution is -0.153. The van der Waals surface area contributed by atoms with Crippen molar-refractivity contribution < 1.29 is 27.1 Å². The Kier molecular flexibility index (Phi) is 5.06. The molecule has 0 aliphatic carbocycles. The molecular formula is C17H10ClF4NO2S. The van der Waals surface area contributed by atoms with Crippen LogP contribution in [0.5, 0.6) is 5.75 Å². The minimum Gasteiger partial charge on any atom is -0.482 e. The highest BCUT2D eigenvalue weighted by Gasteiger charge is 2.29. The first-order valence-corrected chi connectivity index (χ1v) is 8.41. The predicted molar refractivity (Wildman–Crippen MR) is 92.7 cm³/mol. The highest BCUT2D eigenvalue weighted by molar-refractivity contribution is 7.21. The number of benzene rings is 2. The van der Waals surface area contributed by atoms with E-state index in [4.69, 9.17) is 16.3 Å². The molecule has 1 aromatic heterocycles. The molecule has 0 unspecified atom stereocenters. The molecule has 0 bridgehead atoms. The summed E-state index contributed by atoms with van der Waals surface area (Å²) in [6.07, 6.45) is -4.50. The van der Waals surface area contributed by atoms with Crippen LogP contribution in [0.15, 0.2) is 42.5 Å². The van der Waals surface area contributed by atoms with Crippen LogP contribution >= 0.6 is 22.9 Å². The summed E-state index contributed by atoms with van der Waals surface area (Å²) in [6.45, 7) is -1.48. The molecule has 0 saturated carbocycles. The highest BCUT2D eigenvalue weighted by atomic mass is 35.5. The number of amides is 1. The number of hydrogen-bond donors (Lipinski definition) is 1. The standard InChI is InChI=1S/C17H10ClF4NO2S/c18-14-10-6-5-9(19)7-13(10)26-15(14)16(24)23-11-3-1-2-4-12(11)25-8-17(20,21)22/h1-7H,8H2,(H,23,24). The molecule has 0 aliphatic rings. The normalized spacial score (nSPS) is 11.6. The fourth-order valence-electron chi connectivity index (χ4n) is 2.22. The summed E-state index contributed by atoms with van der Waals surface area (Å²) in [5.74, 6) is -1.21. The lowest BCUT2D eigenvalue weighted by atomic mass is 10.2. The summed E-state index contributed by atoms with van der Waals surface area (Å²) in [5.41, 5.74) is 0.0708. The van der Waals surface area contributed by atoms with Crippen molar-refractivity contribution in [3.05, 3.63) is 58.2 Å². The summed E-state index contributed by atoms with van der Waals surface area (Å²) >= 11 is 7.16. The van der Waals surface area contributed by atoms with Crippen LogP contribution in [0.2, 0.25) is 5.02 Å². The average molecular weight is 404 g/mol. The van der Waals surface area contributed by atoms with Crippen molar-refractivity contribution in [2.75, 3.05) is 11.9 Å². The van der Waals surface area contributed by atoms with Crippen molar-refractivity contribution >= 4 is 44.6 Å². The van der Waals surface area contributed by atoms with E-state index in [2.05, 4.69) is 5.32 Å². The van der Waals surface area contributed by atoms with Gasteiger partial charge in [-0.1, -0.05) is 23.7 Å². The van der Waals surface area contributed by atoms with Crippen LogP contribution in [0.3, 0.4) is 0 Å². The predicted octanol–water partition coefficient (Wildman–Crippen LogP) is 5.89. The first-order valence-electron chi connectivity index (χ1n) is 7.22. The number of anilines is 1. The molecule has 0 atom stereocenters. The van der Waals surface area contributed by atoms with E-state index in [0.717, 1.165) is 11.3 Å². The monoisotopic (exact) mass is 403 g/mol. The van der Waals surface area contributed by atoms with E-state index in [9.17, 15) is 22.4 Å². The maximum atomic E-state index is 13.3. The first kappa shape index (κ1) is 18.5. The summed E-state index contributed by atoms with van der Waals surface area (Å²) in [6, 6.07) is 9.68. The molecule has 1 amide bonds. The quantitative estimate of drug-likeness (QED) is 0.552. The molecule has 0 radical (unpaired) electrons. The van der Waals surface area contributed by atoms with Crippen LogP contribution in [0, 0.1) is 5.82 Å². The van der Waals surface area contributed by atoms with Crippen LogP contribution in [0.25, 0.3) is 10.1 Å². The Bertz CT molecular complexity index is 971. The van der Waals surface area contributed by atoms with Gasteiger partial charge < -0.3 is 10.1 Å². The SMILES string of the molecule is O=C(Nc1ccccc1OCC(F)(F)F)c1sc2cc(F)ccc2c1Cl. The van der Waals surface area contributed by atoms with Gasteiger partial charge in [0, 0.05) is 10.1 Å². The Hall–Kier alpha value is -2.32. The number of fused-ring (bicyclic) bond motifs is 1. The third-order valence-electron chi connectivity index (χ3n) is 3.32. The van der Waals surface area contributed by atoms with Gasteiger partial charge in [0.1, 0.15) is 16.4 Å². The van der Waals surface area contributed by atoms with Crippen molar-refractivity contribution in [3.63, 3.8) is 0 Å². The maximum absolute atomic E-state index is 13.3. The van der Waals surface area contributed by atoms with Crippen molar-refractivity contribution in [1.82, 2.24) is 0 Å². The van der Waals surface area contributed by atoms with E-state index in [0.29, 0.717) is 10.1 Å². The Labute approximate surface area is 154 Å². The van der Waals surface area contributed by atoms with Crippen LogP contribution in [0.1, 0.15) is 9.67 Å². The molecule has 2 aromatic carbocycles. The molecule has 3 nitrogen and oxygen atoms in total. The number of alkyl halides is 3. The molecule has 26 heavy (non-hydrogen) atoms. The molecule has 136 valence electrons. The van der Waals surface area contributed by atoms with Gasteiger partial charge in [-0.2, -0.15) is 13.2 Å². The molecule has 0 fully saturated rings. The van der Waals surface area contributed by atoms with Crippen LogP contribution in [0.4, 0.5) is 23.2 Å². The molecule has 9 heteroatoms. The molecule has 0 spiro atoms. The first-order chi connectivity index (χ1) is 12.2. The van der Waals surface area contributed by atoms with Crippen LogP contribution in [-0.2, 0) is 0 Å². The second-order valence-corrected chi connectivity index (χ2v) is 6.67. The number of halogens is 5. The smallest absolute Gasteiger partial charge is 0.422 e. The number of carbonyl (C=O) groups is 1. The van der Waals surface area contributed by atoms with Gasteiger partial charge in [-0.25, -0.2) is 4.39 Å². The Balaban J connectivity index is 1.86. The van der Waals surface area contributed by atoms with E-state index < -0.39 is 24.5 Å². The van der Waals surface area contributed by atoms with E-state index in [1.807, 2.05) is 0 Å². The number of para-hydroxylation sites is 2. The zero-order valence-corrected chi connectivity index (χ0v) is 14.4. The third kappa shape index (κ3) is 4.08. The summed E-state index contributed by atoms with van der Waals surface area (Å²) in [4.78, 5) is 12.6. The number of thiophene rings is 1. The third-order valence-corrected chi connectivity index (χ3v) is 4.98. The number of rotatable bonds is 4. The molecule has 3 aromatic rings. The topological polar surface area (TPSA) is 38.3 Å². The minimum absolute atomic E-state index is 0.0708. The Morgan fingerprint density at radius 2 is 1.92 bits per heavy atom. The van der Waals surface area contributed by atoms with Crippen molar-refractivity contribution in [1.29, 1.82) is 0 Å². The Morgan fingerprint density at radius 3 is 2.65 bits per heavy atom. The Morgan fingerprint density at radius 1 is 1.19 bits per heavy atom. The van der Waals surface area contributed by atoms with Crippen molar-refractivity contribution in [2.24, 2.45) is 0 Å². The van der Waals surface area contributed by atoms with Gasteiger partial charge in [0.15, 0.2) is 6.61 Å². The fraction of sp³-hybridized carbons (Fsp3) is 0.118. The number of carbonyl (C=O) groups excluding carboxylic acids is 1. The molecule has 1 N–H and O–H groups in total. The van der Waals surface area contributed by atoms with E-state index in [1.54, 1.807) is 0 Å². The van der Waals surface area contributed by atoms with Gasteiger partial charge in [-0.3, -0.25) is 4.79 Å². The van der Waals surface area contributed by atoms with Gasteiger partial charge in [0.05, 0.1) is 10.7 Å². The van der Waals surface area contributed by atoms with Gasteiger partial charge >= 0.3 is 6.18 Å². The van der Waals surface area contributed by atoms with Crippen molar-refractivity contribution in [2.45, 2.75) is 6.18 Å². The van der Waals surface area contributed by atoms with Gasteiger partial charge in [-0.05, 0) is 30.3 Å². The maximum Gasteiger partial charge on any atom is 0.422 e. The van der Waals surface area contributed by atoms with Crippen LogP contribution in [-0.4, -0.2) is 18.7 Å². The number of nitrogens with one attached hydrogen (secondary N) is 1. The number of hydrogen-bond acceptors (Lipinski definition) is 3. The van der Waals surface area contributed by atoms with Gasteiger partial charge in [0.25, 0.3) is 5.91 Å². The minimum atomic E-state index is -4.50. The largest absolute Gasteiger partial charge is 0.482 e. The van der Waals surface area contributed by atoms with Gasteiger partial charge in [0.2, 0.25) is 0 Å². The van der Waals surface area contributed by atoms with Gasteiger partial charge in [-0.15, -0.1) is 11.3 Å².